The number of rotatable bonds is 8. The molecule has 2 rings (SSSR count). The molecular weight excluding hydrogens is 246 g/mol. The quantitative estimate of drug-likeness (QED) is 0.734. The maximum Gasteiger partial charge on any atom is 0.185 e. The number of nitrogens with zero attached hydrogens (tertiary/aromatic N) is 2. The summed E-state index contributed by atoms with van der Waals surface area (Å²) in [4.78, 5) is 8.24. The molecule has 1 fully saturated rings. The molecule has 0 atom stereocenters. The van der Waals surface area contributed by atoms with E-state index in [0.717, 1.165) is 37.3 Å². The molecule has 1 aliphatic rings. The molecule has 1 N–H and O–H groups in total. The van der Waals surface area contributed by atoms with Crippen molar-refractivity contribution in [1.29, 1.82) is 0 Å². The van der Waals surface area contributed by atoms with Gasteiger partial charge in [-0.05, 0) is 26.2 Å². The minimum atomic E-state index is 0.759. The van der Waals surface area contributed by atoms with Crippen LogP contribution in [0.3, 0.4) is 0 Å². The van der Waals surface area contributed by atoms with Crippen LogP contribution in [-0.4, -0.2) is 38.3 Å². The Balaban J connectivity index is 1.85. The zero-order valence-corrected chi connectivity index (χ0v) is 12.3. The Bertz CT molecular complexity index is 376. The molecule has 18 heavy (non-hydrogen) atoms. The first-order valence-corrected chi connectivity index (χ1v) is 7.42. The Labute approximate surface area is 113 Å². The maximum absolute atomic E-state index is 5.08. The van der Waals surface area contributed by atoms with Crippen molar-refractivity contribution in [2.75, 3.05) is 32.2 Å². The standard InChI is InChI=1S/C13H23N3OS/c1-10-12(9-14-11-5-6-11)18-13(15-10)16(2)7-4-8-17-3/h11,14H,4-9H2,1-3H3. The molecule has 0 aromatic carbocycles. The van der Waals surface area contributed by atoms with Crippen LogP contribution in [0.2, 0.25) is 0 Å². The molecule has 0 bridgehead atoms. The third kappa shape index (κ3) is 3.93. The van der Waals surface area contributed by atoms with E-state index in [1.165, 1.54) is 23.4 Å². The Morgan fingerprint density at radius 1 is 1.50 bits per heavy atom. The number of thiazole rings is 1. The van der Waals surface area contributed by atoms with Gasteiger partial charge in [-0.15, -0.1) is 11.3 Å². The predicted molar refractivity (Wildman–Crippen MR) is 76.5 cm³/mol. The van der Waals surface area contributed by atoms with Gasteiger partial charge in [0.15, 0.2) is 5.13 Å². The van der Waals surface area contributed by atoms with E-state index in [0.29, 0.717) is 0 Å². The van der Waals surface area contributed by atoms with Gasteiger partial charge in [-0.2, -0.15) is 0 Å². The first-order chi connectivity index (χ1) is 8.70. The van der Waals surface area contributed by atoms with E-state index in [-0.39, 0.29) is 0 Å². The third-order valence-corrected chi connectivity index (χ3v) is 4.45. The van der Waals surface area contributed by atoms with Gasteiger partial charge in [0.05, 0.1) is 5.69 Å². The lowest BCUT2D eigenvalue weighted by atomic mass is 10.4. The van der Waals surface area contributed by atoms with Crippen molar-refractivity contribution in [2.24, 2.45) is 0 Å². The van der Waals surface area contributed by atoms with Crippen molar-refractivity contribution in [3.63, 3.8) is 0 Å². The summed E-state index contributed by atoms with van der Waals surface area (Å²) in [6.45, 7) is 4.88. The van der Waals surface area contributed by atoms with Crippen molar-refractivity contribution in [3.8, 4) is 0 Å². The molecule has 1 heterocycles. The highest BCUT2D eigenvalue weighted by molar-refractivity contribution is 7.15. The smallest absolute Gasteiger partial charge is 0.185 e. The predicted octanol–water partition coefficient (Wildman–Crippen LogP) is 2.18. The maximum atomic E-state index is 5.08. The van der Waals surface area contributed by atoms with Crippen molar-refractivity contribution in [2.45, 2.75) is 38.8 Å². The van der Waals surface area contributed by atoms with Gasteiger partial charge < -0.3 is 15.0 Å². The lowest BCUT2D eigenvalue weighted by molar-refractivity contribution is 0.196. The molecule has 1 aromatic heterocycles. The van der Waals surface area contributed by atoms with Gasteiger partial charge in [-0.25, -0.2) is 4.98 Å². The zero-order valence-electron chi connectivity index (χ0n) is 11.5. The number of hydrogen-bond donors (Lipinski definition) is 1. The van der Waals surface area contributed by atoms with Crippen LogP contribution < -0.4 is 10.2 Å². The minimum absolute atomic E-state index is 0.759. The Morgan fingerprint density at radius 3 is 2.94 bits per heavy atom. The van der Waals surface area contributed by atoms with Crippen LogP contribution in [0.15, 0.2) is 0 Å². The number of aryl methyl sites for hydroxylation is 1. The third-order valence-electron chi connectivity index (χ3n) is 3.18. The molecule has 1 saturated carbocycles. The fourth-order valence-electron chi connectivity index (χ4n) is 1.81. The molecule has 1 aliphatic carbocycles. The van der Waals surface area contributed by atoms with Crippen LogP contribution in [0.25, 0.3) is 0 Å². The van der Waals surface area contributed by atoms with E-state index in [2.05, 4.69) is 29.2 Å². The molecule has 102 valence electrons. The molecule has 0 radical (unpaired) electrons. The van der Waals surface area contributed by atoms with Gasteiger partial charge in [0, 0.05) is 44.8 Å². The van der Waals surface area contributed by atoms with E-state index in [1.807, 2.05) is 0 Å². The molecule has 5 heteroatoms. The van der Waals surface area contributed by atoms with Crippen LogP contribution in [-0.2, 0) is 11.3 Å². The molecule has 0 amide bonds. The number of aromatic nitrogens is 1. The van der Waals surface area contributed by atoms with Crippen molar-refractivity contribution in [1.82, 2.24) is 10.3 Å². The summed E-state index contributed by atoms with van der Waals surface area (Å²) in [5, 5.41) is 4.67. The Kier molecular flexibility index (Phi) is 4.97. The van der Waals surface area contributed by atoms with Crippen molar-refractivity contribution >= 4 is 16.5 Å². The van der Waals surface area contributed by atoms with Crippen LogP contribution in [0.5, 0.6) is 0 Å². The molecule has 0 aliphatic heterocycles. The summed E-state index contributed by atoms with van der Waals surface area (Å²) in [5.41, 5.74) is 1.17. The minimum Gasteiger partial charge on any atom is -0.385 e. The van der Waals surface area contributed by atoms with Gasteiger partial charge in [0.2, 0.25) is 0 Å². The number of hydrogen-bond acceptors (Lipinski definition) is 5. The molecule has 0 saturated heterocycles. The Hall–Kier alpha value is -0.650. The number of nitrogens with one attached hydrogen (secondary N) is 1. The summed E-state index contributed by atoms with van der Waals surface area (Å²) < 4.78 is 5.08. The molecule has 0 unspecified atom stereocenters. The van der Waals surface area contributed by atoms with Crippen LogP contribution in [0, 0.1) is 6.92 Å². The fraction of sp³-hybridized carbons (Fsp3) is 0.769. The highest BCUT2D eigenvalue weighted by Crippen LogP contribution is 2.27. The summed E-state index contributed by atoms with van der Waals surface area (Å²) in [6, 6.07) is 0.759. The second kappa shape index (κ2) is 6.50. The number of ether oxygens (including phenoxy) is 1. The Morgan fingerprint density at radius 2 is 2.28 bits per heavy atom. The van der Waals surface area contributed by atoms with E-state index < -0.39 is 0 Å². The van der Waals surface area contributed by atoms with Gasteiger partial charge in [-0.3, -0.25) is 0 Å². The summed E-state index contributed by atoms with van der Waals surface area (Å²) in [5.74, 6) is 0. The van der Waals surface area contributed by atoms with E-state index >= 15 is 0 Å². The summed E-state index contributed by atoms with van der Waals surface area (Å²) >= 11 is 1.81. The second-order valence-electron chi connectivity index (χ2n) is 4.93. The van der Waals surface area contributed by atoms with Crippen molar-refractivity contribution < 1.29 is 4.74 Å². The second-order valence-corrected chi connectivity index (χ2v) is 5.99. The van der Waals surface area contributed by atoms with Crippen LogP contribution in [0.1, 0.15) is 29.8 Å². The van der Waals surface area contributed by atoms with Crippen LogP contribution >= 0.6 is 11.3 Å². The van der Waals surface area contributed by atoms with E-state index in [9.17, 15) is 0 Å². The number of anilines is 1. The van der Waals surface area contributed by atoms with E-state index in [4.69, 9.17) is 4.74 Å². The first kappa shape index (κ1) is 13.8. The molecule has 4 nitrogen and oxygen atoms in total. The lowest BCUT2D eigenvalue weighted by Gasteiger charge is -2.14. The molecule has 1 aromatic rings. The van der Waals surface area contributed by atoms with Gasteiger partial charge >= 0.3 is 0 Å². The van der Waals surface area contributed by atoms with Gasteiger partial charge in [0.1, 0.15) is 0 Å². The van der Waals surface area contributed by atoms with E-state index in [1.54, 1.807) is 18.4 Å². The number of methoxy groups -OCH3 is 1. The monoisotopic (exact) mass is 269 g/mol. The highest BCUT2D eigenvalue weighted by Gasteiger charge is 2.21. The van der Waals surface area contributed by atoms with Crippen LogP contribution in [0.4, 0.5) is 5.13 Å². The summed E-state index contributed by atoms with van der Waals surface area (Å²) in [7, 11) is 3.85. The zero-order chi connectivity index (χ0) is 13.0. The average Bonchev–Trinajstić information content (AvgIpc) is 3.10. The highest BCUT2D eigenvalue weighted by atomic mass is 32.1. The largest absolute Gasteiger partial charge is 0.385 e. The average molecular weight is 269 g/mol. The first-order valence-electron chi connectivity index (χ1n) is 6.60. The fourth-order valence-corrected chi connectivity index (χ4v) is 2.81. The lowest BCUT2D eigenvalue weighted by Crippen LogP contribution is -2.19. The van der Waals surface area contributed by atoms with Crippen molar-refractivity contribution in [3.05, 3.63) is 10.6 Å². The molecule has 0 spiro atoms. The topological polar surface area (TPSA) is 37.4 Å². The van der Waals surface area contributed by atoms with Gasteiger partial charge in [0.25, 0.3) is 0 Å². The molecular formula is C13H23N3OS. The SMILES string of the molecule is COCCCN(C)c1nc(C)c(CNC2CC2)s1. The normalized spacial score (nSPS) is 15.1. The van der Waals surface area contributed by atoms with Gasteiger partial charge in [-0.1, -0.05) is 0 Å². The summed E-state index contributed by atoms with van der Waals surface area (Å²) in [6.07, 6.45) is 3.71.